The number of nitrogens with zero attached hydrogens (tertiary/aromatic N) is 1. The first-order valence-electron chi connectivity index (χ1n) is 6.47. The van der Waals surface area contributed by atoms with Gasteiger partial charge in [0, 0.05) is 30.8 Å². The first kappa shape index (κ1) is 13.5. The van der Waals surface area contributed by atoms with Gasteiger partial charge in [0.2, 0.25) is 5.91 Å². The van der Waals surface area contributed by atoms with Gasteiger partial charge in [-0.25, -0.2) is 0 Å². The summed E-state index contributed by atoms with van der Waals surface area (Å²) in [4.78, 5) is 15.2. The van der Waals surface area contributed by atoms with Crippen molar-refractivity contribution >= 4 is 33.2 Å². The lowest BCUT2D eigenvalue weighted by Gasteiger charge is -2.37. The normalized spacial score (nSPS) is 22.1. The van der Waals surface area contributed by atoms with Gasteiger partial charge in [-0.3, -0.25) is 4.79 Å². The van der Waals surface area contributed by atoms with Crippen LogP contribution in [-0.4, -0.2) is 42.9 Å². The fourth-order valence-electron chi connectivity index (χ4n) is 2.59. The first-order valence-corrected chi connectivity index (χ1v) is 8.08. The molecule has 1 amide bonds. The Hall–Kier alpha value is -0.430. The summed E-state index contributed by atoms with van der Waals surface area (Å²) in [7, 11) is 0. The minimum atomic E-state index is -0.400. The maximum absolute atomic E-state index is 12.2. The molecule has 0 bridgehead atoms. The minimum absolute atomic E-state index is 0.196. The van der Waals surface area contributed by atoms with Gasteiger partial charge in [0.15, 0.2) is 5.79 Å². The van der Waals surface area contributed by atoms with E-state index in [2.05, 4.69) is 15.9 Å². The van der Waals surface area contributed by atoms with Crippen LogP contribution in [0.2, 0.25) is 0 Å². The highest BCUT2D eigenvalue weighted by Gasteiger charge is 2.40. The average molecular weight is 346 g/mol. The van der Waals surface area contributed by atoms with Crippen molar-refractivity contribution in [1.82, 2.24) is 4.90 Å². The molecular formula is C13H16BrNO3S. The van der Waals surface area contributed by atoms with Crippen molar-refractivity contribution in [3.05, 3.63) is 20.8 Å². The standard InChI is InChI=1S/C13H16BrNO3S/c14-11-2-1-10(19-11)9-12(16)15-5-3-13(4-6-15)17-7-8-18-13/h1-2H,3-9H2. The van der Waals surface area contributed by atoms with Gasteiger partial charge in [-0.2, -0.15) is 0 Å². The number of thiophene rings is 1. The number of piperidine rings is 1. The van der Waals surface area contributed by atoms with Crippen molar-refractivity contribution in [2.75, 3.05) is 26.3 Å². The van der Waals surface area contributed by atoms with E-state index in [0.717, 1.165) is 34.6 Å². The van der Waals surface area contributed by atoms with E-state index in [1.165, 1.54) is 0 Å². The van der Waals surface area contributed by atoms with Crippen molar-refractivity contribution in [3.63, 3.8) is 0 Å². The molecule has 1 aromatic heterocycles. The molecule has 2 fully saturated rings. The molecule has 3 rings (SSSR count). The molecule has 2 aliphatic heterocycles. The molecule has 1 aromatic rings. The van der Waals surface area contributed by atoms with Crippen molar-refractivity contribution in [3.8, 4) is 0 Å². The molecule has 0 saturated carbocycles. The van der Waals surface area contributed by atoms with E-state index in [4.69, 9.17) is 9.47 Å². The number of carbonyl (C=O) groups is 1. The van der Waals surface area contributed by atoms with E-state index >= 15 is 0 Å². The molecule has 6 heteroatoms. The quantitative estimate of drug-likeness (QED) is 0.826. The van der Waals surface area contributed by atoms with Gasteiger partial charge in [0.05, 0.1) is 23.4 Å². The minimum Gasteiger partial charge on any atom is -0.347 e. The van der Waals surface area contributed by atoms with Gasteiger partial charge in [-0.05, 0) is 28.1 Å². The zero-order valence-corrected chi connectivity index (χ0v) is 13.0. The number of hydrogen-bond acceptors (Lipinski definition) is 4. The van der Waals surface area contributed by atoms with Crippen molar-refractivity contribution in [2.24, 2.45) is 0 Å². The number of rotatable bonds is 2. The van der Waals surface area contributed by atoms with Crippen LogP contribution in [0.5, 0.6) is 0 Å². The molecule has 2 aliphatic rings. The van der Waals surface area contributed by atoms with Crippen LogP contribution in [0, 0.1) is 0 Å². The van der Waals surface area contributed by atoms with Crippen LogP contribution < -0.4 is 0 Å². The molecule has 1 spiro atoms. The second kappa shape index (κ2) is 5.52. The first-order chi connectivity index (χ1) is 9.17. The average Bonchev–Trinajstić information content (AvgIpc) is 3.00. The third kappa shape index (κ3) is 3.02. The van der Waals surface area contributed by atoms with Crippen LogP contribution in [0.15, 0.2) is 15.9 Å². The Balaban J connectivity index is 1.54. The Morgan fingerprint density at radius 2 is 2.00 bits per heavy atom. The molecule has 19 heavy (non-hydrogen) atoms. The number of halogens is 1. The van der Waals surface area contributed by atoms with E-state index in [9.17, 15) is 4.79 Å². The second-order valence-electron chi connectivity index (χ2n) is 4.87. The van der Waals surface area contributed by atoms with Crippen molar-refractivity contribution < 1.29 is 14.3 Å². The number of hydrogen-bond donors (Lipinski definition) is 0. The Bertz CT molecular complexity index is 460. The third-order valence-electron chi connectivity index (χ3n) is 3.65. The molecular weight excluding hydrogens is 330 g/mol. The highest BCUT2D eigenvalue weighted by Crippen LogP contribution is 2.31. The number of amides is 1. The summed E-state index contributed by atoms with van der Waals surface area (Å²) in [6.45, 7) is 2.81. The zero-order chi connectivity index (χ0) is 13.3. The van der Waals surface area contributed by atoms with Gasteiger partial charge >= 0.3 is 0 Å². The zero-order valence-electron chi connectivity index (χ0n) is 10.6. The fraction of sp³-hybridized carbons (Fsp3) is 0.615. The van der Waals surface area contributed by atoms with Gasteiger partial charge in [-0.1, -0.05) is 0 Å². The summed E-state index contributed by atoms with van der Waals surface area (Å²) in [5.41, 5.74) is 0. The van der Waals surface area contributed by atoms with Crippen molar-refractivity contribution in [2.45, 2.75) is 25.0 Å². The predicted octanol–water partition coefficient (Wildman–Crippen LogP) is 2.42. The van der Waals surface area contributed by atoms with E-state index in [0.29, 0.717) is 19.6 Å². The van der Waals surface area contributed by atoms with Crippen LogP contribution in [0.3, 0.4) is 0 Å². The van der Waals surface area contributed by atoms with E-state index < -0.39 is 5.79 Å². The Kier molecular flexibility index (Phi) is 3.93. The lowest BCUT2D eigenvalue weighted by molar-refractivity contribution is -0.187. The smallest absolute Gasteiger partial charge is 0.227 e. The van der Waals surface area contributed by atoms with Gasteiger partial charge in [0.25, 0.3) is 0 Å². The summed E-state index contributed by atoms with van der Waals surface area (Å²) in [6, 6.07) is 3.99. The Labute approximate surface area is 124 Å². The van der Waals surface area contributed by atoms with E-state index in [1.807, 2.05) is 17.0 Å². The van der Waals surface area contributed by atoms with Crippen LogP contribution in [0.1, 0.15) is 17.7 Å². The third-order valence-corrected chi connectivity index (χ3v) is 5.27. The predicted molar refractivity (Wildman–Crippen MR) is 76.2 cm³/mol. The largest absolute Gasteiger partial charge is 0.347 e. The maximum Gasteiger partial charge on any atom is 0.227 e. The summed E-state index contributed by atoms with van der Waals surface area (Å²) >= 11 is 5.04. The summed E-state index contributed by atoms with van der Waals surface area (Å²) in [5, 5.41) is 0. The molecule has 0 unspecified atom stereocenters. The summed E-state index contributed by atoms with van der Waals surface area (Å²) in [5.74, 6) is -0.204. The SMILES string of the molecule is O=C(Cc1ccc(Br)s1)N1CCC2(CC1)OCCO2. The number of ether oxygens (including phenoxy) is 2. The fourth-order valence-corrected chi connectivity index (χ4v) is 4.06. The number of carbonyl (C=O) groups excluding carboxylic acids is 1. The molecule has 0 radical (unpaired) electrons. The Morgan fingerprint density at radius 3 is 2.58 bits per heavy atom. The lowest BCUT2D eigenvalue weighted by atomic mass is 10.0. The molecule has 2 saturated heterocycles. The van der Waals surface area contributed by atoms with Gasteiger partial charge in [0.1, 0.15) is 0 Å². The van der Waals surface area contributed by atoms with Gasteiger partial charge < -0.3 is 14.4 Å². The summed E-state index contributed by atoms with van der Waals surface area (Å²) < 4.78 is 12.4. The van der Waals surface area contributed by atoms with Crippen molar-refractivity contribution in [1.29, 1.82) is 0 Å². The summed E-state index contributed by atoms with van der Waals surface area (Å²) in [6.07, 6.45) is 2.06. The van der Waals surface area contributed by atoms with Crippen LogP contribution in [0.25, 0.3) is 0 Å². The molecule has 4 nitrogen and oxygen atoms in total. The highest BCUT2D eigenvalue weighted by molar-refractivity contribution is 9.11. The highest BCUT2D eigenvalue weighted by atomic mass is 79.9. The lowest BCUT2D eigenvalue weighted by Crippen LogP contribution is -2.47. The molecule has 0 atom stereocenters. The van der Waals surface area contributed by atoms with Crippen LogP contribution >= 0.6 is 27.3 Å². The molecule has 104 valence electrons. The van der Waals surface area contributed by atoms with E-state index in [-0.39, 0.29) is 5.91 Å². The molecule has 0 N–H and O–H groups in total. The monoisotopic (exact) mass is 345 g/mol. The maximum atomic E-state index is 12.2. The molecule has 0 aromatic carbocycles. The van der Waals surface area contributed by atoms with Gasteiger partial charge in [-0.15, -0.1) is 11.3 Å². The topological polar surface area (TPSA) is 38.8 Å². The molecule has 0 aliphatic carbocycles. The second-order valence-corrected chi connectivity index (χ2v) is 7.42. The van der Waals surface area contributed by atoms with Crippen LogP contribution in [0.4, 0.5) is 0 Å². The Morgan fingerprint density at radius 1 is 1.32 bits per heavy atom. The number of likely N-dealkylation sites (tertiary alicyclic amines) is 1. The van der Waals surface area contributed by atoms with Crippen LogP contribution in [-0.2, 0) is 20.7 Å². The van der Waals surface area contributed by atoms with E-state index in [1.54, 1.807) is 11.3 Å². The molecule has 3 heterocycles.